The molecule has 0 aliphatic carbocycles. The van der Waals surface area contributed by atoms with Gasteiger partial charge in [0.1, 0.15) is 12.1 Å². The molecule has 0 aromatic rings. The van der Waals surface area contributed by atoms with Crippen LogP contribution in [-0.2, 0) is 19.1 Å². The summed E-state index contributed by atoms with van der Waals surface area (Å²) in [5.41, 5.74) is 0. The van der Waals surface area contributed by atoms with Crippen LogP contribution >= 0.6 is 24.8 Å². The second-order valence-corrected chi connectivity index (χ2v) is 5.42. The first-order valence-electron chi connectivity index (χ1n) is 7.46. The minimum absolute atomic E-state index is 0. The fourth-order valence-electron chi connectivity index (χ4n) is 2.44. The van der Waals surface area contributed by atoms with Gasteiger partial charge < -0.3 is 30.3 Å². The number of halogens is 2. The van der Waals surface area contributed by atoms with E-state index >= 15 is 0 Å². The number of nitrogens with one attached hydrogen (secondary N) is 2. The maximum atomic E-state index is 10.9. The summed E-state index contributed by atoms with van der Waals surface area (Å²) in [6, 6.07) is -0.632. The zero-order valence-electron chi connectivity index (χ0n) is 13.9. The molecule has 0 spiro atoms. The highest BCUT2D eigenvalue weighted by molar-refractivity contribution is 5.85. The number of esters is 2. The van der Waals surface area contributed by atoms with Crippen molar-refractivity contribution in [2.24, 2.45) is 0 Å². The molecule has 24 heavy (non-hydrogen) atoms. The molecule has 0 unspecified atom stereocenters. The van der Waals surface area contributed by atoms with Crippen LogP contribution in [0.5, 0.6) is 0 Å². The van der Waals surface area contributed by atoms with Gasteiger partial charge in [0.15, 0.2) is 0 Å². The second-order valence-electron chi connectivity index (χ2n) is 5.42. The molecular formula is C14H28Cl2N2O6. The highest BCUT2D eigenvalue weighted by Crippen LogP contribution is 2.09. The molecule has 0 bridgehead atoms. The SMILES string of the molecule is COC(=O)[C@@H]1C[C@H](O)CCN1.COC(=O)[C@H]1C[C@@H](O)CCN1.Cl.Cl. The molecule has 8 nitrogen and oxygen atoms in total. The van der Waals surface area contributed by atoms with Crippen LogP contribution < -0.4 is 10.6 Å². The monoisotopic (exact) mass is 390 g/mol. The molecule has 2 fully saturated rings. The van der Waals surface area contributed by atoms with Crippen molar-refractivity contribution in [1.29, 1.82) is 0 Å². The van der Waals surface area contributed by atoms with Crippen LogP contribution in [0.15, 0.2) is 0 Å². The largest absolute Gasteiger partial charge is 0.468 e. The Balaban J connectivity index is 0. The van der Waals surface area contributed by atoms with E-state index in [1.807, 2.05) is 0 Å². The van der Waals surface area contributed by atoms with Crippen LogP contribution in [-0.4, -0.2) is 73.8 Å². The smallest absolute Gasteiger partial charge is 0.322 e. The van der Waals surface area contributed by atoms with Gasteiger partial charge in [-0.05, 0) is 38.8 Å². The van der Waals surface area contributed by atoms with E-state index in [0.717, 1.165) is 0 Å². The predicted molar refractivity (Wildman–Crippen MR) is 92.6 cm³/mol. The molecule has 0 amide bonds. The van der Waals surface area contributed by atoms with Crippen molar-refractivity contribution >= 4 is 36.8 Å². The van der Waals surface area contributed by atoms with E-state index in [4.69, 9.17) is 0 Å². The molecular weight excluding hydrogens is 363 g/mol. The third-order valence-electron chi connectivity index (χ3n) is 3.72. The fourth-order valence-corrected chi connectivity index (χ4v) is 2.44. The van der Waals surface area contributed by atoms with E-state index in [9.17, 15) is 19.8 Å². The van der Waals surface area contributed by atoms with Gasteiger partial charge in [0, 0.05) is 0 Å². The van der Waals surface area contributed by atoms with Gasteiger partial charge in [-0.15, -0.1) is 24.8 Å². The summed E-state index contributed by atoms with van der Waals surface area (Å²) in [4.78, 5) is 21.8. The lowest BCUT2D eigenvalue weighted by Gasteiger charge is -2.24. The molecule has 4 N–H and O–H groups in total. The van der Waals surface area contributed by atoms with Gasteiger partial charge in [0.05, 0.1) is 26.4 Å². The summed E-state index contributed by atoms with van der Waals surface area (Å²) in [6.07, 6.45) is 1.64. The van der Waals surface area contributed by atoms with Crippen molar-refractivity contribution in [2.75, 3.05) is 27.3 Å². The minimum atomic E-state index is -0.361. The molecule has 2 heterocycles. The van der Waals surface area contributed by atoms with E-state index < -0.39 is 0 Å². The van der Waals surface area contributed by atoms with Gasteiger partial charge >= 0.3 is 11.9 Å². The van der Waals surface area contributed by atoms with E-state index in [-0.39, 0.29) is 61.0 Å². The average molecular weight is 391 g/mol. The summed E-state index contributed by atoms with van der Waals surface area (Å²) in [5, 5.41) is 24.3. The lowest BCUT2D eigenvalue weighted by atomic mass is 10.0. The first-order valence-corrected chi connectivity index (χ1v) is 7.46. The van der Waals surface area contributed by atoms with Crippen LogP contribution in [0.1, 0.15) is 25.7 Å². The van der Waals surface area contributed by atoms with Crippen LogP contribution in [0.4, 0.5) is 0 Å². The number of methoxy groups -OCH3 is 2. The van der Waals surface area contributed by atoms with E-state index in [0.29, 0.717) is 38.8 Å². The van der Waals surface area contributed by atoms with Crippen molar-refractivity contribution in [3.63, 3.8) is 0 Å². The Morgan fingerprint density at radius 1 is 0.833 bits per heavy atom. The number of piperidine rings is 2. The molecule has 0 saturated carbocycles. The Morgan fingerprint density at radius 2 is 1.17 bits per heavy atom. The van der Waals surface area contributed by atoms with Crippen molar-refractivity contribution < 1.29 is 29.3 Å². The van der Waals surface area contributed by atoms with Crippen LogP contribution in [0.3, 0.4) is 0 Å². The lowest BCUT2D eigenvalue weighted by Crippen LogP contribution is -2.45. The topological polar surface area (TPSA) is 117 Å². The first-order chi connectivity index (χ1) is 10.5. The van der Waals surface area contributed by atoms with E-state index in [2.05, 4.69) is 20.1 Å². The Labute approximate surface area is 154 Å². The molecule has 2 aliphatic heterocycles. The van der Waals surface area contributed by atoms with Crippen LogP contribution in [0.25, 0.3) is 0 Å². The fraction of sp³-hybridized carbons (Fsp3) is 0.857. The predicted octanol–water partition coefficient (Wildman–Crippen LogP) is -0.612. The molecule has 0 radical (unpaired) electrons. The Hall–Kier alpha value is -0.640. The summed E-state index contributed by atoms with van der Waals surface area (Å²) in [6.45, 7) is 1.36. The van der Waals surface area contributed by atoms with Crippen LogP contribution in [0, 0.1) is 0 Å². The lowest BCUT2D eigenvalue weighted by molar-refractivity contribution is -0.145. The number of rotatable bonds is 2. The van der Waals surface area contributed by atoms with Crippen molar-refractivity contribution in [3.8, 4) is 0 Å². The molecule has 4 atom stereocenters. The highest BCUT2D eigenvalue weighted by Gasteiger charge is 2.26. The summed E-state index contributed by atoms with van der Waals surface area (Å²) in [7, 11) is 2.70. The maximum absolute atomic E-state index is 10.9. The molecule has 2 aliphatic rings. The normalized spacial score (nSPS) is 28.8. The zero-order chi connectivity index (χ0) is 16.5. The van der Waals surface area contributed by atoms with Crippen LogP contribution in [0.2, 0.25) is 0 Å². The number of carbonyl (C=O) groups excluding carboxylic acids is 2. The number of aliphatic hydroxyl groups excluding tert-OH is 2. The van der Waals surface area contributed by atoms with Gasteiger partial charge in [-0.2, -0.15) is 0 Å². The number of hydrogen-bond acceptors (Lipinski definition) is 8. The molecule has 2 rings (SSSR count). The van der Waals surface area contributed by atoms with Gasteiger partial charge in [-0.1, -0.05) is 0 Å². The number of hydrogen-bond donors (Lipinski definition) is 4. The number of carbonyl (C=O) groups is 2. The average Bonchev–Trinajstić information content (AvgIpc) is 2.54. The van der Waals surface area contributed by atoms with Crippen molar-refractivity contribution in [2.45, 2.75) is 50.0 Å². The van der Waals surface area contributed by atoms with Gasteiger partial charge in [-0.3, -0.25) is 9.59 Å². The van der Waals surface area contributed by atoms with Gasteiger partial charge in [0.25, 0.3) is 0 Å². The number of ether oxygens (including phenoxy) is 2. The summed E-state index contributed by atoms with van der Waals surface area (Å²) < 4.78 is 9.05. The second kappa shape index (κ2) is 13.6. The quantitative estimate of drug-likeness (QED) is 0.461. The molecule has 0 aromatic carbocycles. The van der Waals surface area contributed by atoms with E-state index in [1.54, 1.807) is 0 Å². The summed E-state index contributed by atoms with van der Waals surface area (Å²) in [5.74, 6) is -0.576. The Kier molecular flexibility index (Phi) is 14.5. The Bertz CT molecular complexity index is 341. The number of aliphatic hydroxyl groups is 2. The van der Waals surface area contributed by atoms with E-state index in [1.165, 1.54) is 14.2 Å². The standard InChI is InChI=1S/2C7H13NO3.2ClH/c2*1-11-7(10)6-4-5(9)2-3-8-6;;/h2*5-6,8-9H,2-4H2,1H3;2*1H/t2*5-,6+;;/m10../s1. The molecule has 144 valence electrons. The summed E-state index contributed by atoms with van der Waals surface area (Å²) >= 11 is 0. The third kappa shape index (κ3) is 9.00. The first kappa shape index (κ1) is 25.6. The zero-order valence-corrected chi connectivity index (χ0v) is 15.5. The molecule has 2 saturated heterocycles. The molecule has 0 aromatic heterocycles. The maximum Gasteiger partial charge on any atom is 0.322 e. The van der Waals surface area contributed by atoms with Gasteiger partial charge in [0.2, 0.25) is 0 Å². The minimum Gasteiger partial charge on any atom is -0.468 e. The van der Waals surface area contributed by atoms with Crippen molar-refractivity contribution in [1.82, 2.24) is 10.6 Å². The van der Waals surface area contributed by atoms with Gasteiger partial charge in [-0.25, -0.2) is 0 Å². The highest BCUT2D eigenvalue weighted by atomic mass is 35.5. The van der Waals surface area contributed by atoms with Crippen molar-refractivity contribution in [3.05, 3.63) is 0 Å². The Morgan fingerprint density at radius 3 is 1.42 bits per heavy atom. The molecule has 10 heteroatoms. The third-order valence-corrected chi connectivity index (χ3v) is 3.72.